The second-order valence-electron chi connectivity index (χ2n) is 4.95. The first-order valence-corrected chi connectivity index (χ1v) is 7.86. The molecule has 112 valence electrons. The molecule has 0 fully saturated rings. The normalized spacial score (nSPS) is 12.1. The monoisotopic (exact) mass is 295 g/mol. The lowest BCUT2D eigenvalue weighted by atomic mass is 10.1. The molecule has 0 aliphatic heterocycles. The van der Waals surface area contributed by atoms with Crippen molar-refractivity contribution in [3.05, 3.63) is 41.9 Å². The lowest BCUT2D eigenvalue weighted by Gasteiger charge is -2.18. The summed E-state index contributed by atoms with van der Waals surface area (Å²) in [6.45, 7) is 7.56. The highest BCUT2D eigenvalue weighted by Crippen LogP contribution is 2.16. The van der Waals surface area contributed by atoms with Gasteiger partial charge in [0.15, 0.2) is 0 Å². The van der Waals surface area contributed by atoms with Crippen LogP contribution < -0.4 is 10.1 Å². The Balaban J connectivity index is 2.27. The molecule has 1 rings (SSSR count). The maximum atomic E-state index is 5.86. The molecule has 0 heterocycles. The van der Waals surface area contributed by atoms with Gasteiger partial charge in [-0.25, -0.2) is 0 Å². The van der Waals surface area contributed by atoms with Crippen molar-refractivity contribution in [2.24, 2.45) is 0 Å². The molecule has 20 heavy (non-hydrogen) atoms. The molecule has 0 radical (unpaired) electrons. The van der Waals surface area contributed by atoms with Crippen molar-refractivity contribution in [3.63, 3.8) is 0 Å². The molecule has 2 nitrogen and oxygen atoms in total. The van der Waals surface area contributed by atoms with Gasteiger partial charge < -0.3 is 10.1 Å². The van der Waals surface area contributed by atoms with Gasteiger partial charge >= 0.3 is 0 Å². The maximum Gasteiger partial charge on any atom is 0.119 e. The van der Waals surface area contributed by atoms with Crippen LogP contribution in [-0.2, 0) is 0 Å². The van der Waals surface area contributed by atoms with E-state index in [4.69, 9.17) is 16.3 Å². The second-order valence-corrected chi connectivity index (χ2v) is 5.38. The summed E-state index contributed by atoms with van der Waals surface area (Å²) < 4.78 is 5.82. The zero-order valence-electron chi connectivity index (χ0n) is 12.4. The number of allylic oxidation sites excluding steroid dienone is 1. The number of ether oxygens (including phenoxy) is 1. The quantitative estimate of drug-likeness (QED) is 0.466. The predicted octanol–water partition coefficient (Wildman–Crippen LogP) is 4.83. The lowest BCUT2D eigenvalue weighted by Crippen LogP contribution is -2.34. The second kappa shape index (κ2) is 10.8. The van der Waals surface area contributed by atoms with E-state index in [2.05, 4.69) is 18.8 Å². The van der Waals surface area contributed by atoms with E-state index in [1.807, 2.05) is 30.3 Å². The highest BCUT2D eigenvalue weighted by atomic mass is 35.5. The van der Waals surface area contributed by atoms with Crippen LogP contribution in [0, 0.1) is 0 Å². The van der Waals surface area contributed by atoms with E-state index in [-0.39, 0.29) is 0 Å². The topological polar surface area (TPSA) is 21.3 Å². The van der Waals surface area contributed by atoms with Crippen molar-refractivity contribution in [2.45, 2.75) is 45.1 Å². The van der Waals surface area contributed by atoms with Gasteiger partial charge in [-0.3, -0.25) is 0 Å². The van der Waals surface area contributed by atoms with Crippen LogP contribution >= 0.6 is 11.6 Å². The maximum absolute atomic E-state index is 5.86. The molecule has 1 aromatic rings. The van der Waals surface area contributed by atoms with Gasteiger partial charge in [-0.2, -0.15) is 0 Å². The van der Waals surface area contributed by atoms with Gasteiger partial charge in [-0.1, -0.05) is 37.4 Å². The van der Waals surface area contributed by atoms with Gasteiger partial charge in [-0.05, 0) is 50.1 Å². The molecule has 0 bridgehead atoms. The molecule has 0 saturated heterocycles. The third kappa shape index (κ3) is 7.56. The average Bonchev–Trinajstić information content (AvgIpc) is 2.46. The summed E-state index contributed by atoms with van der Waals surface area (Å²) in [5, 5.41) is 4.22. The lowest BCUT2D eigenvalue weighted by molar-refractivity contribution is 0.255. The number of hydrogen-bond acceptors (Lipinski definition) is 2. The summed E-state index contributed by atoms with van der Waals surface area (Å²) in [4.78, 5) is 0. The first-order valence-electron chi connectivity index (χ1n) is 7.49. The fourth-order valence-corrected chi connectivity index (χ4v) is 2.24. The average molecular weight is 296 g/mol. The summed E-state index contributed by atoms with van der Waals surface area (Å²) in [6, 6.07) is 7.95. The van der Waals surface area contributed by atoms with Crippen LogP contribution in [-0.4, -0.2) is 19.2 Å². The zero-order valence-corrected chi connectivity index (χ0v) is 13.2. The van der Waals surface area contributed by atoms with E-state index in [1.165, 1.54) is 19.3 Å². The molecule has 1 aromatic carbocycles. The van der Waals surface area contributed by atoms with Crippen molar-refractivity contribution in [1.29, 1.82) is 0 Å². The number of likely N-dealkylation sites (N-methyl/N-ethyl adjacent to an activating group) is 1. The summed E-state index contributed by atoms with van der Waals surface area (Å²) in [6.07, 6.45) is 7.99. The van der Waals surface area contributed by atoms with Crippen LogP contribution in [0.5, 0.6) is 5.75 Å². The molecule has 0 aromatic heterocycles. The number of benzene rings is 1. The molecular formula is C17H26ClNO. The molecule has 3 heteroatoms. The van der Waals surface area contributed by atoms with E-state index in [1.54, 1.807) is 0 Å². The summed E-state index contributed by atoms with van der Waals surface area (Å²) in [7, 11) is 0. The minimum absolute atomic E-state index is 0.416. The SMILES string of the molecule is C=CCCCCCC(COc1ccc(Cl)cc1)NCC. The molecule has 1 atom stereocenters. The molecule has 0 aliphatic rings. The molecule has 1 unspecified atom stereocenters. The molecule has 0 saturated carbocycles. The Bertz CT molecular complexity index is 364. The first kappa shape index (κ1) is 17.1. The number of rotatable bonds is 11. The summed E-state index contributed by atoms with van der Waals surface area (Å²) >= 11 is 5.86. The highest BCUT2D eigenvalue weighted by molar-refractivity contribution is 6.30. The number of unbranched alkanes of at least 4 members (excludes halogenated alkanes) is 3. The number of halogens is 1. The van der Waals surface area contributed by atoms with Crippen LogP contribution in [0.3, 0.4) is 0 Å². The largest absolute Gasteiger partial charge is 0.492 e. The van der Waals surface area contributed by atoms with Crippen molar-refractivity contribution in [2.75, 3.05) is 13.2 Å². The van der Waals surface area contributed by atoms with Crippen LogP contribution in [0.25, 0.3) is 0 Å². The van der Waals surface area contributed by atoms with E-state index >= 15 is 0 Å². The smallest absolute Gasteiger partial charge is 0.119 e. The van der Waals surface area contributed by atoms with Gasteiger partial charge in [0, 0.05) is 11.1 Å². The number of nitrogens with one attached hydrogen (secondary N) is 1. The van der Waals surface area contributed by atoms with E-state index < -0.39 is 0 Å². The fraction of sp³-hybridized carbons (Fsp3) is 0.529. The Morgan fingerprint density at radius 3 is 2.65 bits per heavy atom. The van der Waals surface area contributed by atoms with Crippen molar-refractivity contribution < 1.29 is 4.74 Å². The van der Waals surface area contributed by atoms with E-state index in [0.29, 0.717) is 12.6 Å². The molecule has 0 spiro atoms. The molecule has 1 N–H and O–H groups in total. The van der Waals surface area contributed by atoms with Gasteiger partial charge in [0.2, 0.25) is 0 Å². The van der Waals surface area contributed by atoms with Gasteiger partial charge in [0.1, 0.15) is 12.4 Å². The Kier molecular flexibility index (Phi) is 9.18. The Labute approximate surface area is 128 Å². The van der Waals surface area contributed by atoms with Crippen LogP contribution in [0.1, 0.15) is 39.0 Å². The molecular weight excluding hydrogens is 270 g/mol. The van der Waals surface area contributed by atoms with Gasteiger partial charge in [0.25, 0.3) is 0 Å². The van der Waals surface area contributed by atoms with Gasteiger partial charge in [-0.15, -0.1) is 6.58 Å². The van der Waals surface area contributed by atoms with Crippen molar-refractivity contribution >= 4 is 11.6 Å². The van der Waals surface area contributed by atoms with Crippen molar-refractivity contribution in [3.8, 4) is 5.75 Å². The molecule has 0 aliphatic carbocycles. The van der Waals surface area contributed by atoms with Crippen molar-refractivity contribution in [1.82, 2.24) is 5.32 Å². The van der Waals surface area contributed by atoms with E-state index in [0.717, 1.165) is 30.2 Å². The first-order chi connectivity index (χ1) is 9.76. The Hall–Kier alpha value is -0.990. The third-order valence-electron chi connectivity index (χ3n) is 3.22. The predicted molar refractivity (Wildman–Crippen MR) is 87.7 cm³/mol. The minimum atomic E-state index is 0.416. The van der Waals surface area contributed by atoms with Crippen LogP contribution in [0.4, 0.5) is 0 Å². The van der Waals surface area contributed by atoms with Crippen LogP contribution in [0.2, 0.25) is 5.02 Å². The highest BCUT2D eigenvalue weighted by Gasteiger charge is 2.08. The number of hydrogen-bond donors (Lipinski definition) is 1. The van der Waals surface area contributed by atoms with E-state index in [9.17, 15) is 0 Å². The summed E-state index contributed by atoms with van der Waals surface area (Å²) in [5.41, 5.74) is 0. The third-order valence-corrected chi connectivity index (χ3v) is 3.47. The summed E-state index contributed by atoms with van der Waals surface area (Å²) in [5.74, 6) is 0.879. The molecule has 0 amide bonds. The standard InChI is InChI=1S/C17H26ClNO/c1-3-5-6-7-8-9-16(19-4-2)14-20-17-12-10-15(18)11-13-17/h3,10-13,16,19H,1,4-9,14H2,2H3. The van der Waals surface area contributed by atoms with Crippen LogP contribution in [0.15, 0.2) is 36.9 Å². The zero-order chi connectivity index (χ0) is 14.6. The Morgan fingerprint density at radius 1 is 1.25 bits per heavy atom. The Morgan fingerprint density at radius 2 is 2.00 bits per heavy atom. The minimum Gasteiger partial charge on any atom is -0.492 e. The van der Waals surface area contributed by atoms with Gasteiger partial charge in [0.05, 0.1) is 0 Å². The fourth-order valence-electron chi connectivity index (χ4n) is 2.12.